The second kappa shape index (κ2) is 7.06. The summed E-state index contributed by atoms with van der Waals surface area (Å²) in [6.07, 6.45) is 9.44. The number of pyridine rings is 2. The van der Waals surface area contributed by atoms with E-state index >= 15 is 0 Å². The van der Waals surface area contributed by atoms with E-state index in [9.17, 15) is 4.79 Å². The van der Waals surface area contributed by atoms with Gasteiger partial charge in [0.25, 0.3) is 0 Å². The molecule has 4 rings (SSSR count). The highest BCUT2D eigenvalue weighted by molar-refractivity contribution is 6.45. The standard InChI is InChI=1S/C18H24B4N6O/c1-27-9-13(8-25-27)14-4-11-5-15(24-7-12(11)6-23-14)26-16(29)10-28-17(19,20)2-3-18(28,21)22/h4-9H,2-3,10,19-22H2,1H3,(H,24,26,29). The van der Waals surface area contributed by atoms with Crippen molar-refractivity contribution in [2.24, 2.45) is 7.05 Å². The minimum absolute atomic E-state index is 0.0158. The minimum atomic E-state index is -0.0403. The molecule has 0 atom stereocenters. The van der Waals surface area contributed by atoms with Crippen molar-refractivity contribution in [3.05, 3.63) is 36.9 Å². The van der Waals surface area contributed by atoms with E-state index in [0.29, 0.717) is 12.4 Å². The Bertz CT molecular complexity index is 1070. The van der Waals surface area contributed by atoms with Crippen molar-refractivity contribution in [2.75, 3.05) is 11.9 Å². The lowest BCUT2D eigenvalue weighted by Crippen LogP contribution is -2.58. The Hall–Kier alpha value is -2.54. The van der Waals surface area contributed by atoms with E-state index in [-0.39, 0.29) is 16.6 Å². The molecule has 3 aromatic rings. The predicted octanol–water partition coefficient (Wildman–Crippen LogP) is -2.10. The van der Waals surface area contributed by atoms with Gasteiger partial charge in [-0.25, -0.2) is 4.98 Å². The molecule has 0 bridgehead atoms. The van der Waals surface area contributed by atoms with Gasteiger partial charge in [0.2, 0.25) is 5.91 Å². The molecule has 0 aromatic carbocycles. The third kappa shape index (κ3) is 3.96. The first-order valence-corrected chi connectivity index (χ1v) is 9.96. The number of likely N-dealkylation sites (tertiary alicyclic amines) is 1. The second-order valence-corrected chi connectivity index (χ2v) is 9.15. The number of fused-ring (bicyclic) bond motifs is 1. The number of rotatable bonds is 4. The van der Waals surface area contributed by atoms with Crippen molar-refractivity contribution in [1.29, 1.82) is 0 Å². The average molecular weight is 384 g/mol. The minimum Gasteiger partial charge on any atom is -0.314 e. The van der Waals surface area contributed by atoms with Crippen LogP contribution in [0.15, 0.2) is 36.9 Å². The van der Waals surface area contributed by atoms with E-state index in [4.69, 9.17) is 0 Å². The lowest BCUT2D eigenvalue weighted by Gasteiger charge is -2.40. The molecule has 7 nitrogen and oxygen atoms in total. The molecule has 1 saturated heterocycles. The van der Waals surface area contributed by atoms with Crippen LogP contribution < -0.4 is 5.32 Å². The van der Waals surface area contributed by atoms with Gasteiger partial charge in [0.05, 0.1) is 18.4 Å². The van der Waals surface area contributed by atoms with Gasteiger partial charge in [-0.1, -0.05) is 0 Å². The van der Waals surface area contributed by atoms with Crippen molar-refractivity contribution in [3.8, 4) is 11.3 Å². The summed E-state index contributed by atoms with van der Waals surface area (Å²) < 4.78 is 1.75. The van der Waals surface area contributed by atoms with E-state index in [0.717, 1.165) is 34.9 Å². The Labute approximate surface area is 174 Å². The number of carbonyl (C=O) groups is 1. The fourth-order valence-electron chi connectivity index (χ4n) is 4.27. The molecule has 1 fully saturated rings. The Kier molecular flexibility index (Phi) is 4.81. The summed E-state index contributed by atoms with van der Waals surface area (Å²) in [5, 5.41) is 9.11. The number of carbonyl (C=O) groups excluding carboxylic acids is 1. The molecular formula is C18H24B4N6O. The van der Waals surface area contributed by atoms with Crippen LogP contribution in [0.5, 0.6) is 0 Å². The zero-order valence-electron chi connectivity index (χ0n) is 17.7. The highest BCUT2D eigenvalue weighted by Crippen LogP contribution is 2.33. The number of aryl methyl sites for hydroxylation is 1. The maximum absolute atomic E-state index is 12.8. The van der Waals surface area contributed by atoms with Crippen LogP contribution >= 0.6 is 0 Å². The van der Waals surface area contributed by atoms with Crippen molar-refractivity contribution < 1.29 is 4.79 Å². The van der Waals surface area contributed by atoms with Crippen LogP contribution in [0.25, 0.3) is 22.0 Å². The van der Waals surface area contributed by atoms with Crippen LogP contribution in [0.1, 0.15) is 12.8 Å². The van der Waals surface area contributed by atoms with Crippen LogP contribution in [0.3, 0.4) is 0 Å². The van der Waals surface area contributed by atoms with Crippen molar-refractivity contribution in [3.63, 3.8) is 0 Å². The summed E-state index contributed by atoms with van der Waals surface area (Å²) in [4.78, 5) is 23.9. The summed E-state index contributed by atoms with van der Waals surface area (Å²) in [6, 6.07) is 3.89. The smallest absolute Gasteiger partial charge is 0.239 e. The molecule has 0 saturated carbocycles. The van der Waals surface area contributed by atoms with Gasteiger partial charge in [-0.2, -0.15) is 5.10 Å². The van der Waals surface area contributed by atoms with Crippen LogP contribution in [0, 0.1) is 0 Å². The van der Waals surface area contributed by atoms with Gasteiger partial charge in [0.1, 0.15) is 37.2 Å². The first-order chi connectivity index (χ1) is 13.6. The normalized spacial score (nSPS) is 18.1. The Balaban J connectivity index is 1.54. The molecule has 29 heavy (non-hydrogen) atoms. The predicted molar refractivity (Wildman–Crippen MR) is 126 cm³/mol. The van der Waals surface area contributed by atoms with Crippen LogP contribution in [0.4, 0.5) is 5.82 Å². The average Bonchev–Trinajstić information content (AvgIpc) is 3.18. The van der Waals surface area contributed by atoms with E-state index in [1.165, 1.54) is 0 Å². The summed E-state index contributed by atoms with van der Waals surface area (Å²) in [5.41, 5.74) is 1.80. The van der Waals surface area contributed by atoms with Crippen molar-refractivity contribution in [2.45, 2.75) is 23.5 Å². The number of hydrogen-bond acceptors (Lipinski definition) is 5. The van der Waals surface area contributed by atoms with Crippen molar-refractivity contribution >= 4 is 53.9 Å². The van der Waals surface area contributed by atoms with E-state index in [1.807, 2.05) is 25.4 Å². The third-order valence-corrected chi connectivity index (χ3v) is 5.98. The highest BCUT2D eigenvalue weighted by atomic mass is 16.2. The van der Waals surface area contributed by atoms with E-state index in [1.54, 1.807) is 23.3 Å². The van der Waals surface area contributed by atoms with Crippen LogP contribution in [-0.2, 0) is 11.8 Å². The Morgan fingerprint density at radius 3 is 2.41 bits per heavy atom. The lowest BCUT2D eigenvalue weighted by atomic mass is 9.58. The van der Waals surface area contributed by atoms with Gasteiger partial charge in [-0.05, 0) is 41.0 Å². The van der Waals surface area contributed by atoms with Crippen LogP contribution in [0.2, 0.25) is 0 Å². The fraction of sp³-hybridized carbons (Fsp3) is 0.333. The zero-order chi connectivity index (χ0) is 20.8. The zero-order valence-corrected chi connectivity index (χ0v) is 17.7. The molecular weight excluding hydrogens is 359 g/mol. The molecule has 144 valence electrons. The molecule has 1 amide bonds. The van der Waals surface area contributed by atoms with Gasteiger partial charge >= 0.3 is 0 Å². The number of anilines is 1. The number of nitrogens with one attached hydrogen (secondary N) is 1. The Morgan fingerprint density at radius 1 is 1.07 bits per heavy atom. The molecule has 11 heteroatoms. The van der Waals surface area contributed by atoms with Gasteiger partial charge in [0, 0.05) is 36.6 Å². The molecule has 1 aliphatic rings. The molecule has 0 aliphatic carbocycles. The summed E-state index contributed by atoms with van der Waals surface area (Å²) in [5.74, 6) is 0.516. The lowest BCUT2D eigenvalue weighted by molar-refractivity contribution is -0.117. The maximum atomic E-state index is 12.8. The number of amides is 1. The van der Waals surface area contributed by atoms with Gasteiger partial charge in [-0.3, -0.25) is 14.5 Å². The van der Waals surface area contributed by atoms with E-state index < -0.39 is 0 Å². The number of nitrogens with zero attached hydrogens (tertiary/aromatic N) is 5. The summed E-state index contributed by atoms with van der Waals surface area (Å²) in [7, 11) is 10.7. The largest absolute Gasteiger partial charge is 0.314 e. The molecule has 0 unspecified atom stereocenters. The van der Waals surface area contributed by atoms with Gasteiger partial charge in [-0.15, -0.1) is 0 Å². The highest BCUT2D eigenvalue weighted by Gasteiger charge is 2.44. The SMILES string of the molecule is BC1(B)CCC(B)(B)N1CC(=O)Nc1cc2cc(-c3cnn(C)c3)ncc2cn1. The molecule has 3 aromatic heterocycles. The van der Waals surface area contributed by atoms with Crippen molar-refractivity contribution in [1.82, 2.24) is 24.6 Å². The molecule has 0 radical (unpaired) electrons. The molecule has 4 heterocycles. The molecule has 0 spiro atoms. The number of aromatic nitrogens is 4. The third-order valence-electron chi connectivity index (χ3n) is 5.98. The molecule has 1 N–H and O–H groups in total. The molecule has 1 aliphatic heterocycles. The van der Waals surface area contributed by atoms with E-state index in [2.05, 4.69) is 56.7 Å². The van der Waals surface area contributed by atoms with Gasteiger partial charge in [0.15, 0.2) is 0 Å². The topological polar surface area (TPSA) is 75.9 Å². The fourth-order valence-corrected chi connectivity index (χ4v) is 4.27. The quantitative estimate of drug-likeness (QED) is 0.523. The van der Waals surface area contributed by atoms with Gasteiger partial charge < -0.3 is 10.2 Å². The van der Waals surface area contributed by atoms with Crippen LogP contribution in [-0.4, -0.2) is 79.2 Å². The number of hydrogen-bond donors (Lipinski definition) is 1. The monoisotopic (exact) mass is 384 g/mol. The Morgan fingerprint density at radius 2 is 1.76 bits per heavy atom. The summed E-state index contributed by atoms with van der Waals surface area (Å²) >= 11 is 0. The second-order valence-electron chi connectivity index (χ2n) is 9.15. The first kappa shape index (κ1) is 19.8. The first-order valence-electron chi connectivity index (χ1n) is 9.96. The summed E-state index contributed by atoms with van der Waals surface area (Å²) in [6.45, 7) is 0.358. The maximum Gasteiger partial charge on any atom is 0.239 e.